The van der Waals surface area contributed by atoms with Crippen molar-refractivity contribution in [1.29, 1.82) is 0 Å². The second kappa shape index (κ2) is 7.63. The van der Waals surface area contributed by atoms with Gasteiger partial charge in [-0.2, -0.15) is 0 Å². The molecule has 0 bridgehead atoms. The smallest absolute Gasteiger partial charge is 0.255 e. The minimum absolute atomic E-state index is 0.0534. The molecule has 3 nitrogen and oxygen atoms in total. The Hall–Kier alpha value is -2.13. The Morgan fingerprint density at radius 2 is 1.77 bits per heavy atom. The fraction of sp³-hybridized carbons (Fsp3) is 0.435. The summed E-state index contributed by atoms with van der Waals surface area (Å²) in [5.41, 5.74) is 2.97. The molecule has 1 aliphatic carbocycles. The molecule has 1 saturated heterocycles. The number of anilines is 1. The van der Waals surface area contributed by atoms with E-state index in [0.29, 0.717) is 11.5 Å². The zero-order chi connectivity index (χ0) is 17.9. The maximum absolute atomic E-state index is 12.3. The minimum Gasteiger partial charge on any atom is -0.322 e. The van der Waals surface area contributed by atoms with E-state index in [1.165, 1.54) is 44.2 Å². The van der Waals surface area contributed by atoms with Crippen LogP contribution in [0.1, 0.15) is 60.9 Å². The van der Waals surface area contributed by atoms with E-state index in [0.717, 1.165) is 17.8 Å². The second-order valence-corrected chi connectivity index (χ2v) is 7.84. The highest BCUT2D eigenvalue weighted by molar-refractivity contribution is 6.04. The standard InChI is InChI=1S/C23H28N2O/c1-17-6-5-15-25(17)22-14-11-20(16-22)18-9-12-21(13-10-18)24-23(26)19-7-3-2-4-8-19/h2-4,7-10,12-13,17,20,22H,5-6,11,14-16H2,1H3,(H,24,26)/t17-,20-,22-/m0/s1. The number of hydrogen-bond donors (Lipinski definition) is 1. The number of carbonyl (C=O) groups is 1. The number of hydrogen-bond acceptors (Lipinski definition) is 2. The highest BCUT2D eigenvalue weighted by atomic mass is 16.1. The van der Waals surface area contributed by atoms with Crippen LogP contribution in [0.5, 0.6) is 0 Å². The number of nitrogens with one attached hydrogen (secondary N) is 1. The van der Waals surface area contributed by atoms with Crippen LogP contribution in [0.2, 0.25) is 0 Å². The van der Waals surface area contributed by atoms with Gasteiger partial charge in [-0.3, -0.25) is 9.69 Å². The Morgan fingerprint density at radius 1 is 1.00 bits per heavy atom. The van der Waals surface area contributed by atoms with Gasteiger partial charge in [0.05, 0.1) is 0 Å². The van der Waals surface area contributed by atoms with Crippen LogP contribution in [0, 0.1) is 0 Å². The Balaban J connectivity index is 1.37. The molecule has 1 saturated carbocycles. The van der Waals surface area contributed by atoms with E-state index < -0.39 is 0 Å². The van der Waals surface area contributed by atoms with Gasteiger partial charge < -0.3 is 5.32 Å². The molecule has 1 N–H and O–H groups in total. The molecular formula is C23H28N2O. The van der Waals surface area contributed by atoms with Gasteiger partial charge in [-0.25, -0.2) is 0 Å². The van der Waals surface area contributed by atoms with Crippen molar-refractivity contribution in [3.8, 4) is 0 Å². The van der Waals surface area contributed by atoms with Gasteiger partial charge in [0.1, 0.15) is 0 Å². The van der Waals surface area contributed by atoms with E-state index in [4.69, 9.17) is 0 Å². The summed E-state index contributed by atoms with van der Waals surface area (Å²) in [5.74, 6) is 0.606. The molecule has 26 heavy (non-hydrogen) atoms. The first-order valence-corrected chi connectivity index (χ1v) is 9.93. The fourth-order valence-electron chi connectivity index (χ4n) is 4.69. The Labute approximate surface area is 156 Å². The molecule has 0 aromatic heterocycles. The van der Waals surface area contributed by atoms with Gasteiger partial charge in [0.25, 0.3) is 5.91 Å². The number of likely N-dealkylation sites (tertiary alicyclic amines) is 1. The first-order chi connectivity index (χ1) is 12.7. The van der Waals surface area contributed by atoms with Crippen LogP contribution in [-0.4, -0.2) is 29.4 Å². The van der Waals surface area contributed by atoms with Gasteiger partial charge in [-0.05, 0) is 81.3 Å². The molecule has 2 aromatic rings. The predicted molar refractivity (Wildman–Crippen MR) is 107 cm³/mol. The highest BCUT2D eigenvalue weighted by Gasteiger charge is 2.34. The minimum atomic E-state index is -0.0534. The summed E-state index contributed by atoms with van der Waals surface area (Å²) in [6.45, 7) is 3.66. The van der Waals surface area contributed by atoms with Gasteiger partial charge >= 0.3 is 0 Å². The number of carbonyl (C=O) groups excluding carboxylic acids is 1. The first kappa shape index (κ1) is 17.3. The van der Waals surface area contributed by atoms with Crippen molar-refractivity contribution in [2.75, 3.05) is 11.9 Å². The molecule has 3 atom stereocenters. The fourth-order valence-corrected chi connectivity index (χ4v) is 4.69. The highest BCUT2D eigenvalue weighted by Crippen LogP contribution is 2.39. The number of amides is 1. The third-order valence-corrected chi connectivity index (χ3v) is 6.15. The molecule has 2 aliphatic rings. The van der Waals surface area contributed by atoms with E-state index in [2.05, 4.69) is 29.3 Å². The van der Waals surface area contributed by atoms with Gasteiger partial charge in [0.15, 0.2) is 0 Å². The first-order valence-electron chi connectivity index (χ1n) is 9.93. The normalized spacial score (nSPS) is 26.1. The summed E-state index contributed by atoms with van der Waals surface area (Å²) in [6, 6.07) is 19.4. The summed E-state index contributed by atoms with van der Waals surface area (Å²) >= 11 is 0. The molecule has 1 heterocycles. The lowest BCUT2D eigenvalue weighted by Crippen LogP contribution is -2.35. The summed E-state index contributed by atoms with van der Waals surface area (Å²) in [7, 11) is 0. The predicted octanol–water partition coefficient (Wildman–Crippen LogP) is 5.06. The summed E-state index contributed by atoms with van der Waals surface area (Å²) < 4.78 is 0. The van der Waals surface area contributed by atoms with Crippen molar-refractivity contribution in [2.45, 2.75) is 57.0 Å². The van der Waals surface area contributed by atoms with Gasteiger partial charge in [-0.1, -0.05) is 30.3 Å². The number of nitrogens with zero attached hydrogens (tertiary/aromatic N) is 1. The lowest BCUT2D eigenvalue weighted by atomic mass is 9.97. The van der Waals surface area contributed by atoms with E-state index in [1.54, 1.807) is 0 Å². The van der Waals surface area contributed by atoms with Crippen molar-refractivity contribution >= 4 is 11.6 Å². The van der Waals surface area contributed by atoms with E-state index in [1.807, 2.05) is 42.5 Å². The van der Waals surface area contributed by atoms with E-state index >= 15 is 0 Å². The summed E-state index contributed by atoms with van der Waals surface area (Å²) in [6.07, 6.45) is 6.60. The molecule has 136 valence electrons. The third kappa shape index (κ3) is 3.68. The molecule has 0 spiro atoms. The SMILES string of the molecule is C[C@H]1CCCN1[C@H]1CC[C@H](c2ccc(NC(=O)c3ccccc3)cc2)C1. The number of rotatable bonds is 4. The van der Waals surface area contributed by atoms with Gasteiger partial charge in [-0.15, -0.1) is 0 Å². The summed E-state index contributed by atoms with van der Waals surface area (Å²) in [5, 5.41) is 2.99. The lowest BCUT2D eigenvalue weighted by molar-refractivity contribution is 0.102. The zero-order valence-corrected chi connectivity index (χ0v) is 15.5. The maximum atomic E-state index is 12.3. The lowest BCUT2D eigenvalue weighted by Gasteiger charge is -2.28. The van der Waals surface area contributed by atoms with Crippen molar-refractivity contribution < 1.29 is 4.79 Å². The van der Waals surface area contributed by atoms with Crippen LogP contribution in [0.15, 0.2) is 54.6 Å². The van der Waals surface area contributed by atoms with Crippen LogP contribution in [0.3, 0.4) is 0 Å². The molecule has 0 radical (unpaired) electrons. The van der Waals surface area contributed by atoms with Crippen LogP contribution >= 0.6 is 0 Å². The average molecular weight is 348 g/mol. The summed E-state index contributed by atoms with van der Waals surface area (Å²) in [4.78, 5) is 15.0. The maximum Gasteiger partial charge on any atom is 0.255 e. The van der Waals surface area contributed by atoms with E-state index in [-0.39, 0.29) is 5.91 Å². The topological polar surface area (TPSA) is 32.3 Å². The Morgan fingerprint density at radius 3 is 2.46 bits per heavy atom. The van der Waals surface area contributed by atoms with Crippen LogP contribution in [0.4, 0.5) is 5.69 Å². The van der Waals surface area contributed by atoms with Gasteiger partial charge in [0.2, 0.25) is 0 Å². The molecule has 1 amide bonds. The molecule has 2 aromatic carbocycles. The second-order valence-electron chi connectivity index (χ2n) is 7.84. The Bertz CT molecular complexity index is 741. The molecular weight excluding hydrogens is 320 g/mol. The van der Waals surface area contributed by atoms with Crippen LogP contribution in [-0.2, 0) is 0 Å². The monoisotopic (exact) mass is 348 g/mol. The molecule has 1 aliphatic heterocycles. The molecule has 3 heteroatoms. The Kier molecular flexibility index (Phi) is 5.07. The molecule has 2 fully saturated rings. The van der Waals surface area contributed by atoms with Crippen molar-refractivity contribution in [3.05, 3.63) is 65.7 Å². The van der Waals surface area contributed by atoms with Gasteiger partial charge in [0, 0.05) is 23.3 Å². The zero-order valence-electron chi connectivity index (χ0n) is 15.5. The number of benzene rings is 2. The largest absolute Gasteiger partial charge is 0.322 e. The van der Waals surface area contributed by atoms with E-state index in [9.17, 15) is 4.79 Å². The molecule has 0 unspecified atom stereocenters. The van der Waals surface area contributed by atoms with Crippen molar-refractivity contribution in [1.82, 2.24) is 4.90 Å². The quantitative estimate of drug-likeness (QED) is 0.837. The third-order valence-electron chi connectivity index (χ3n) is 6.15. The van der Waals surface area contributed by atoms with Crippen molar-refractivity contribution in [3.63, 3.8) is 0 Å². The average Bonchev–Trinajstić information content (AvgIpc) is 3.32. The van der Waals surface area contributed by atoms with Crippen molar-refractivity contribution in [2.24, 2.45) is 0 Å². The van der Waals surface area contributed by atoms with Crippen LogP contribution < -0.4 is 5.32 Å². The molecule has 4 rings (SSSR count). The van der Waals surface area contributed by atoms with Crippen LogP contribution in [0.25, 0.3) is 0 Å².